The van der Waals surface area contributed by atoms with E-state index >= 15 is 0 Å². The maximum Gasteiger partial charge on any atom is 0.250 e. The number of amides is 1. The van der Waals surface area contributed by atoms with Gasteiger partial charge in [0.25, 0.3) is 5.56 Å². The van der Waals surface area contributed by atoms with Crippen molar-refractivity contribution in [2.45, 2.75) is 65.0 Å². The Morgan fingerprint density at radius 3 is 2.83 bits per heavy atom. The Morgan fingerprint density at radius 1 is 1.17 bits per heavy atom. The fourth-order valence-electron chi connectivity index (χ4n) is 7.26. The topological polar surface area (TPSA) is 45.6 Å². The van der Waals surface area contributed by atoms with Crippen LogP contribution >= 0.6 is 0 Å². The Hall–Kier alpha value is -1.88. The molecule has 30 heavy (non-hydrogen) atoms. The third kappa shape index (κ3) is 3.66. The zero-order valence-corrected chi connectivity index (χ0v) is 18.6. The minimum atomic E-state index is 0.133. The van der Waals surface area contributed by atoms with Crippen LogP contribution in [0.1, 0.15) is 58.1 Å². The molecule has 0 unspecified atom stereocenters. The molecule has 4 heterocycles. The van der Waals surface area contributed by atoms with Gasteiger partial charge >= 0.3 is 0 Å². The van der Waals surface area contributed by atoms with Gasteiger partial charge < -0.3 is 9.47 Å². The first kappa shape index (κ1) is 20.0. The molecule has 0 aromatic carbocycles. The molecule has 1 amide bonds. The molecular formula is C25H35N3O2. The summed E-state index contributed by atoms with van der Waals surface area (Å²) in [5.74, 6) is 1.14. The van der Waals surface area contributed by atoms with Gasteiger partial charge in [-0.1, -0.05) is 32.9 Å². The van der Waals surface area contributed by atoms with E-state index in [0.29, 0.717) is 23.3 Å². The van der Waals surface area contributed by atoms with Crippen LogP contribution in [0.15, 0.2) is 35.1 Å². The highest BCUT2D eigenvalue weighted by atomic mass is 16.2. The molecular weight excluding hydrogens is 374 g/mol. The number of pyridine rings is 1. The first-order chi connectivity index (χ1) is 14.2. The van der Waals surface area contributed by atoms with E-state index in [1.165, 1.54) is 18.5 Å². The van der Waals surface area contributed by atoms with Crippen LogP contribution in [0.25, 0.3) is 0 Å². The number of carbonyl (C=O) groups is 1. The summed E-state index contributed by atoms with van der Waals surface area (Å²) in [7, 11) is 0. The van der Waals surface area contributed by atoms with Crippen LogP contribution in [0.4, 0.5) is 0 Å². The van der Waals surface area contributed by atoms with Crippen LogP contribution in [-0.4, -0.2) is 52.5 Å². The Morgan fingerprint density at radius 2 is 2.00 bits per heavy atom. The molecule has 1 aromatic rings. The highest BCUT2D eigenvalue weighted by Crippen LogP contribution is 2.52. The number of aromatic nitrogens is 1. The molecule has 0 N–H and O–H groups in total. The molecule has 0 radical (unpaired) electrons. The third-order valence-corrected chi connectivity index (χ3v) is 7.88. The SMILES string of the molecule is CC1(C)C[C@H]2C[C@](C)(CN2C(=O)/C=C/CN2C[C@@H]3C[C@H](C2)c2cccc(=O)n2C3)C1. The standard InChI is InChI=1S/C25H35N3O2/c1-24(2)11-20-12-25(3,16-24)17-28(20)23(30)8-5-9-26-13-18-10-19(15-26)21-6-4-7-22(29)27(21)14-18/h4-8,18-20H,9-17H2,1-3H3/b8-5+/t18-,19+,20-,25-/m0/s1. The van der Waals surface area contributed by atoms with Gasteiger partial charge in [-0.2, -0.15) is 0 Å². The summed E-state index contributed by atoms with van der Waals surface area (Å²) in [5.41, 5.74) is 1.93. The van der Waals surface area contributed by atoms with Gasteiger partial charge in [0, 0.05) is 62.5 Å². The van der Waals surface area contributed by atoms with Crippen molar-refractivity contribution in [2.24, 2.45) is 16.7 Å². The van der Waals surface area contributed by atoms with Gasteiger partial charge in [-0.3, -0.25) is 14.5 Å². The van der Waals surface area contributed by atoms with Crippen LogP contribution in [0, 0.1) is 16.7 Å². The zero-order chi connectivity index (χ0) is 21.1. The molecule has 5 heteroatoms. The summed E-state index contributed by atoms with van der Waals surface area (Å²) in [6.45, 7) is 11.6. The number of hydrogen-bond acceptors (Lipinski definition) is 3. The van der Waals surface area contributed by atoms with Gasteiger partial charge in [0.2, 0.25) is 5.91 Å². The van der Waals surface area contributed by atoms with Crippen LogP contribution in [0.3, 0.4) is 0 Å². The van der Waals surface area contributed by atoms with E-state index in [-0.39, 0.29) is 16.9 Å². The van der Waals surface area contributed by atoms with Crippen molar-refractivity contribution in [1.82, 2.24) is 14.4 Å². The number of rotatable bonds is 3. The first-order valence-electron chi connectivity index (χ1n) is 11.6. The van der Waals surface area contributed by atoms with Crippen LogP contribution in [0.2, 0.25) is 0 Å². The lowest BCUT2D eigenvalue weighted by Crippen LogP contribution is -2.47. The molecule has 1 aromatic heterocycles. The largest absolute Gasteiger partial charge is 0.336 e. The van der Waals surface area contributed by atoms with Crippen LogP contribution in [-0.2, 0) is 11.3 Å². The Bertz CT molecular complexity index is 933. The number of nitrogens with zero attached hydrogens (tertiary/aromatic N) is 3. The van der Waals surface area contributed by atoms with Gasteiger partial charge in [-0.25, -0.2) is 0 Å². The molecule has 2 saturated heterocycles. The van der Waals surface area contributed by atoms with E-state index in [1.807, 2.05) is 16.7 Å². The number of piperidine rings is 1. The van der Waals surface area contributed by atoms with Crippen molar-refractivity contribution < 1.29 is 4.79 Å². The van der Waals surface area contributed by atoms with E-state index in [0.717, 1.165) is 45.6 Å². The fraction of sp³-hybridized carbons (Fsp3) is 0.680. The Balaban J connectivity index is 1.21. The second-order valence-corrected chi connectivity index (χ2v) is 11.5. The lowest BCUT2D eigenvalue weighted by molar-refractivity contribution is -0.127. The van der Waals surface area contributed by atoms with Crippen molar-refractivity contribution in [3.05, 3.63) is 46.4 Å². The maximum atomic E-state index is 13.0. The number of carbonyl (C=O) groups excluding carboxylic acids is 1. The minimum Gasteiger partial charge on any atom is -0.336 e. The van der Waals surface area contributed by atoms with Crippen molar-refractivity contribution in [3.63, 3.8) is 0 Å². The van der Waals surface area contributed by atoms with E-state index in [9.17, 15) is 9.59 Å². The quantitative estimate of drug-likeness (QED) is 0.720. The van der Waals surface area contributed by atoms with E-state index in [2.05, 4.69) is 42.7 Å². The molecule has 0 spiro atoms. The summed E-state index contributed by atoms with van der Waals surface area (Å²) in [6.07, 6.45) is 8.55. The molecule has 3 aliphatic heterocycles. The molecule has 1 saturated carbocycles. The van der Waals surface area contributed by atoms with Gasteiger partial charge in [-0.15, -0.1) is 0 Å². The van der Waals surface area contributed by atoms with Crippen molar-refractivity contribution in [2.75, 3.05) is 26.2 Å². The lowest BCUT2D eigenvalue weighted by Gasteiger charge is -2.42. The maximum absolute atomic E-state index is 13.0. The predicted octanol–water partition coefficient (Wildman–Crippen LogP) is 3.25. The van der Waals surface area contributed by atoms with Gasteiger partial charge in [0.05, 0.1) is 0 Å². The van der Waals surface area contributed by atoms with Crippen LogP contribution < -0.4 is 5.56 Å². The summed E-state index contributed by atoms with van der Waals surface area (Å²) >= 11 is 0. The second-order valence-electron chi connectivity index (χ2n) is 11.5. The van der Waals surface area contributed by atoms with Crippen molar-refractivity contribution >= 4 is 5.91 Å². The van der Waals surface area contributed by atoms with E-state index in [4.69, 9.17) is 0 Å². The van der Waals surface area contributed by atoms with Gasteiger partial charge in [0.1, 0.15) is 0 Å². The fourth-order valence-corrected chi connectivity index (χ4v) is 7.26. The van der Waals surface area contributed by atoms with Gasteiger partial charge in [0.15, 0.2) is 0 Å². The number of fused-ring (bicyclic) bond motifs is 6. The van der Waals surface area contributed by atoms with E-state index in [1.54, 1.807) is 6.07 Å². The highest BCUT2D eigenvalue weighted by molar-refractivity contribution is 5.88. The van der Waals surface area contributed by atoms with Crippen molar-refractivity contribution in [1.29, 1.82) is 0 Å². The Labute approximate surface area is 179 Å². The zero-order valence-electron chi connectivity index (χ0n) is 18.6. The first-order valence-corrected chi connectivity index (χ1v) is 11.6. The predicted molar refractivity (Wildman–Crippen MR) is 118 cm³/mol. The van der Waals surface area contributed by atoms with Crippen molar-refractivity contribution in [3.8, 4) is 0 Å². The molecule has 3 fully saturated rings. The third-order valence-electron chi connectivity index (χ3n) is 7.88. The average molecular weight is 410 g/mol. The molecule has 1 aliphatic carbocycles. The second kappa shape index (κ2) is 7.08. The summed E-state index contributed by atoms with van der Waals surface area (Å²) in [6, 6.07) is 6.07. The smallest absolute Gasteiger partial charge is 0.250 e. The molecule has 162 valence electrons. The number of hydrogen-bond donors (Lipinski definition) is 0. The number of likely N-dealkylation sites (tertiary alicyclic amines) is 2. The van der Waals surface area contributed by atoms with E-state index < -0.39 is 0 Å². The normalized spacial score (nSPS) is 34.9. The molecule has 5 nitrogen and oxygen atoms in total. The summed E-state index contributed by atoms with van der Waals surface area (Å²) < 4.78 is 1.98. The monoisotopic (exact) mass is 409 g/mol. The summed E-state index contributed by atoms with van der Waals surface area (Å²) in [5, 5.41) is 0. The molecule has 4 aliphatic rings. The lowest BCUT2D eigenvalue weighted by atomic mass is 9.65. The average Bonchev–Trinajstić information content (AvgIpc) is 2.91. The summed E-state index contributed by atoms with van der Waals surface area (Å²) in [4.78, 5) is 29.7. The van der Waals surface area contributed by atoms with Crippen LogP contribution in [0.5, 0.6) is 0 Å². The molecule has 4 bridgehead atoms. The Kier molecular flexibility index (Phi) is 4.73. The van der Waals surface area contributed by atoms with Gasteiger partial charge in [-0.05, 0) is 48.5 Å². The molecule has 5 rings (SSSR count). The molecule has 4 atom stereocenters. The minimum absolute atomic E-state index is 0.133. The highest BCUT2D eigenvalue weighted by Gasteiger charge is 2.50.